The summed E-state index contributed by atoms with van der Waals surface area (Å²) in [6, 6.07) is 3.35. The number of carbonyl (C=O) groups is 3. The van der Waals surface area contributed by atoms with E-state index < -0.39 is 29.6 Å². The molecule has 1 unspecified atom stereocenters. The Hall–Kier alpha value is -2.09. The normalized spacial score (nSPS) is 18.4. The number of benzene rings is 1. The quantitative estimate of drug-likeness (QED) is 0.833. The largest absolute Gasteiger partial charge is 0.349 e. The van der Waals surface area contributed by atoms with Crippen molar-refractivity contribution < 1.29 is 18.8 Å². The van der Waals surface area contributed by atoms with Crippen LogP contribution in [-0.2, 0) is 9.59 Å². The molecule has 20 heavy (non-hydrogen) atoms. The summed E-state index contributed by atoms with van der Waals surface area (Å²) in [6.45, 7) is 0. The summed E-state index contributed by atoms with van der Waals surface area (Å²) in [4.78, 5) is 39.0. The zero-order valence-electron chi connectivity index (χ0n) is 10.3. The Morgan fingerprint density at radius 3 is 2.80 bits per heavy atom. The zero-order valence-corrected chi connectivity index (χ0v) is 11.8. The van der Waals surface area contributed by atoms with Crippen LogP contribution in [0.3, 0.4) is 0 Å². The third-order valence-electron chi connectivity index (χ3n) is 2.69. The fraction of sp³-hybridized carbons (Fsp3) is 0.167. The van der Waals surface area contributed by atoms with Gasteiger partial charge in [-0.05, 0) is 18.2 Å². The summed E-state index contributed by atoms with van der Waals surface area (Å²) < 4.78 is 14.1. The van der Waals surface area contributed by atoms with E-state index in [9.17, 15) is 18.8 Å². The van der Waals surface area contributed by atoms with E-state index in [0.29, 0.717) is 4.47 Å². The molecule has 1 aliphatic rings. The molecule has 0 bridgehead atoms. The highest BCUT2D eigenvalue weighted by Crippen LogP contribution is 2.20. The average Bonchev–Trinajstić information content (AvgIpc) is 2.39. The highest BCUT2D eigenvalue weighted by molar-refractivity contribution is 9.10. The predicted molar refractivity (Wildman–Crippen MR) is 72.9 cm³/mol. The van der Waals surface area contributed by atoms with Crippen molar-refractivity contribution in [1.29, 1.82) is 0 Å². The second-order valence-electron chi connectivity index (χ2n) is 4.05. The van der Waals surface area contributed by atoms with Crippen LogP contribution in [0.2, 0.25) is 0 Å². The van der Waals surface area contributed by atoms with Crippen molar-refractivity contribution in [3.05, 3.63) is 28.5 Å². The topological polar surface area (TPSA) is 78.8 Å². The molecule has 1 N–H and O–H groups in total. The number of hydrogen-bond acceptors (Lipinski definition) is 3. The molecule has 2 rings (SSSR count). The Morgan fingerprint density at radius 2 is 2.15 bits per heavy atom. The number of hydrogen-bond donors (Lipinski definition) is 1. The van der Waals surface area contributed by atoms with E-state index in [4.69, 9.17) is 0 Å². The lowest BCUT2D eigenvalue weighted by molar-refractivity contribution is -0.134. The van der Waals surface area contributed by atoms with Gasteiger partial charge in [-0.25, -0.2) is 14.2 Å². The van der Waals surface area contributed by atoms with Gasteiger partial charge in [-0.1, -0.05) is 15.9 Å². The van der Waals surface area contributed by atoms with Gasteiger partial charge in [0.2, 0.25) is 11.8 Å². The summed E-state index contributed by atoms with van der Waals surface area (Å²) in [7, 11) is 1.22. The van der Waals surface area contributed by atoms with Crippen LogP contribution in [0.15, 0.2) is 27.7 Å². The summed E-state index contributed by atoms with van der Waals surface area (Å²) in [5.41, 5.74) is -0.0565. The van der Waals surface area contributed by atoms with E-state index in [2.05, 4.69) is 26.2 Å². The van der Waals surface area contributed by atoms with Crippen molar-refractivity contribution in [2.75, 3.05) is 12.4 Å². The Kier molecular flexibility index (Phi) is 3.93. The van der Waals surface area contributed by atoms with Crippen LogP contribution in [0.25, 0.3) is 0 Å². The summed E-state index contributed by atoms with van der Waals surface area (Å²) in [5, 5.41) is 2.29. The smallest absolute Gasteiger partial charge is 0.323 e. The van der Waals surface area contributed by atoms with Crippen molar-refractivity contribution in [2.24, 2.45) is 10.9 Å². The minimum Gasteiger partial charge on any atom is -0.323 e. The number of rotatable bonds is 2. The van der Waals surface area contributed by atoms with Crippen molar-refractivity contribution in [2.45, 2.75) is 0 Å². The third-order valence-corrected chi connectivity index (χ3v) is 3.18. The maximum atomic E-state index is 13.6. The van der Waals surface area contributed by atoms with E-state index in [1.54, 1.807) is 6.07 Å². The lowest BCUT2D eigenvalue weighted by Gasteiger charge is -2.21. The fourth-order valence-electron chi connectivity index (χ4n) is 1.57. The molecule has 1 heterocycles. The molecular formula is C12H9BrFN3O3. The van der Waals surface area contributed by atoms with Crippen LogP contribution in [0, 0.1) is 11.7 Å². The molecule has 4 amide bonds. The van der Waals surface area contributed by atoms with Crippen LogP contribution in [0.5, 0.6) is 0 Å². The van der Waals surface area contributed by atoms with E-state index in [1.807, 2.05) is 0 Å². The second kappa shape index (κ2) is 5.49. The van der Waals surface area contributed by atoms with Gasteiger partial charge in [0, 0.05) is 17.7 Å². The molecule has 8 heteroatoms. The molecule has 0 aromatic heterocycles. The molecule has 1 aromatic rings. The molecule has 104 valence electrons. The number of imide groups is 1. The molecule has 6 nitrogen and oxygen atoms in total. The zero-order chi connectivity index (χ0) is 14.9. The molecule has 0 saturated carbocycles. The summed E-state index contributed by atoms with van der Waals surface area (Å²) >= 11 is 3.09. The second-order valence-corrected chi connectivity index (χ2v) is 4.96. The molecule has 0 saturated heterocycles. The third kappa shape index (κ3) is 2.74. The van der Waals surface area contributed by atoms with E-state index >= 15 is 0 Å². The van der Waals surface area contributed by atoms with Gasteiger partial charge >= 0.3 is 6.03 Å². The van der Waals surface area contributed by atoms with Crippen molar-refractivity contribution in [3.63, 3.8) is 0 Å². The number of aliphatic imine (C=N–C) groups is 1. The number of anilines is 1. The van der Waals surface area contributed by atoms with E-state index in [1.165, 1.54) is 19.2 Å². The Labute approximate surface area is 121 Å². The maximum Gasteiger partial charge on any atom is 0.349 e. The highest BCUT2D eigenvalue weighted by Gasteiger charge is 2.34. The first-order valence-corrected chi connectivity index (χ1v) is 6.31. The van der Waals surface area contributed by atoms with Crippen LogP contribution >= 0.6 is 15.9 Å². The van der Waals surface area contributed by atoms with Gasteiger partial charge in [0.05, 0.1) is 5.69 Å². The number of nitrogens with zero attached hydrogens (tertiary/aromatic N) is 2. The number of halogens is 2. The van der Waals surface area contributed by atoms with Crippen molar-refractivity contribution in [3.8, 4) is 0 Å². The maximum absolute atomic E-state index is 13.6. The molecule has 0 aliphatic carbocycles. The summed E-state index contributed by atoms with van der Waals surface area (Å²) in [5.74, 6) is -3.35. The molecule has 1 atom stereocenters. The monoisotopic (exact) mass is 341 g/mol. The SMILES string of the molecule is CN1C(=O)N=CC(C(=O)Nc2ccc(Br)cc2F)C1=O. The average molecular weight is 342 g/mol. The molecule has 1 aliphatic heterocycles. The van der Waals surface area contributed by atoms with Gasteiger partial charge in [0.15, 0.2) is 5.92 Å². The fourth-order valence-corrected chi connectivity index (χ4v) is 1.91. The lowest BCUT2D eigenvalue weighted by atomic mass is 10.1. The molecule has 1 aromatic carbocycles. The molecule has 0 spiro atoms. The standard InChI is InChI=1S/C12H9BrFN3O3/c1-17-11(19)7(5-15-12(17)20)10(18)16-9-3-2-6(13)4-8(9)14/h2-5,7H,1H3,(H,16,18). The number of urea groups is 1. The Morgan fingerprint density at radius 1 is 1.45 bits per heavy atom. The van der Waals surface area contributed by atoms with Crippen LogP contribution in [0.4, 0.5) is 14.9 Å². The minimum atomic E-state index is -1.25. The Bertz CT molecular complexity index is 632. The van der Waals surface area contributed by atoms with E-state index in [-0.39, 0.29) is 5.69 Å². The van der Waals surface area contributed by atoms with Gasteiger partial charge in [-0.2, -0.15) is 0 Å². The molecule has 0 radical (unpaired) electrons. The number of carbonyl (C=O) groups excluding carboxylic acids is 3. The van der Waals surface area contributed by atoms with Gasteiger partial charge in [-0.3, -0.25) is 14.5 Å². The molecular weight excluding hydrogens is 333 g/mol. The highest BCUT2D eigenvalue weighted by atomic mass is 79.9. The molecule has 0 fully saturated rings. The van der Waals surface area contributed by atoms with Gasteiger partial charge in [-0.15, -0.1) is 0 Å². The number of nitrogens with one attached hydrogen (secondary N) is 1. The minimum absolute atomic E-state index is 0.0565. The van der Waals surface area contributed by atoms with Crippen LogP contribution in [0.1, 0.15) is 0 Å². The van der Waals surface area contributed by atoms with Crippen molar-refractivity contribution in [1.82, 2.24) is 4.90 Å². The van der Waals surface area contributed by atoms with Gasteiger partial charge < -0.3 is 5.32 Å². The van der Waals surface area contributed by atoms with Crippen molar-refractivity contribution >= 4 is 45.7 Å². The Balaban J connectivity index is 2.18. The predicted octanol–water partition coefficient (Wildman–Crippen LogP) is 1.81. The van der Waals surface area contributed by atoms with Crippen LogP contribution in [-0.4, -0.2) is 36.0 Å². The first kappa shape index (κ1) is 14.3. The van der Waals surface area contributed by atoms with Crippen LogP contribution < -0.4 is 5.32 Å². The van der Waals surface area contributed by atoms with Gasteiger partial charge in [0.25, 0.3) is 0 Å². The first-order chi connectivity index (χ1) is 9.40. The van der Waals surface area contributed by atoms with E-state index in [0.717, 1.165) is 11.1 Å². The van der Waals surface area contributed by atoms with Gasteiger partial charge in [0.1, 0.15) is 5.82 Å². The summed E-state index contributed by atoms with van der Waals surface area (Å²) in [6.07, 6.45) is 0.955. The lowest BCUT2D eigenvalue weighted by Crippen LogP contribution is -2.45. The number of amides is 4. The first-order valence-electron chi connectivity index (χ1n) is 5.52.